The van der Waals surface area contributed by atoms with Gasteiger partial charge in [-0.25, -0.2) is 0 Å². The van der Waals surface area contributed by atoms with Gasteiger partial charge in [0.2, 0.25) is 0 Å². The number of nitrogens with zero attached hydrogens (tertiary/aromatic N) is 2. The highest BCUT2D eigenvalue weighted by Crippen LogP contribution is 2.15. The molecule has 0 aromatic carbocycles. The van der Waals surface area contributed by atoms with Crippen LogP contribution in [-0.4, -0.2) is 59.2 Å². The van der Waals surface area contributed by atoms with Gasteiger partial charge in [0.1, 0.15) is 0 Å². The molecule has 0 radical (unpaired) electrons. The van der Waals surface area contributed by atoms with Crippen molar-refractivity contribution in [1.82, 2.24) is 9.80 Å². The molecule has 2 aliphatic rings. The molecule has 2 heterocycles. The highest BCUT2D eigenvalue weighted by Gasteiger charge is 2.15. The number of hydrogen-bond acceptors (Lipinski definition) is 4. The lowest BCUT2D eigenvalue weighted by molar-refractivity contribution is 0.273. The predicted molar refractivity (Wildman–Crippen MR) is 57.8 cm³/mol. The molecule has 0 bridgehead atoms. The van der Waals surface area contributed by atoms with Crippen molar-refractivity contribution in [3.8, 4) is 0 Å². The topological polar surface area (TPSA) is 6.48 Å². The molecule has 0 atom stereocenters. The maximum Gasteiger partial charge on any atom is 0.0445 e. The molecule has 0 aromatic rings. The first-order chi connectivity index (χ1) is 5.95. The second kappa shape index (κ2) is 4.74. The van der Waals surface area contributed by atoms with Gasteiger partial charge in [-0.15, -0.1) is 23.5 Å². The van der Waals surface area contributed by atoms with E-state index in [-0.39, 0.29) is 0 Å². The molecule has 2 rings (SSSR count). The lowest BCUT2D eigenvalue weighted by atomic mass is 10.5. The van der Waals surface area contributed by atoms with Crippen molar-refractivity contribution in [2.45, 2.75) is 0 Å². The van der Waals surface area contributed by atoms with Crippen LogP contribution in [0.4, 0.5) is 0 Å². The second-order valence-electron chi connectivity index (χ2n) is 3.31. The number of thioether (sulfide) groups is 2. The van der Waals surface area contributed by atoms with Crippen LogP contribution >= 0.6 is 23.5 Å². The van der Waals surface area contributed by atoms with E-state index in [0.29, 0.717) is 0 Å². The maximum atomic E-state index is 2.56. The third kappa shape index (κ3) is 2.55. The van der Waals surface area contributed by atoms with Gasteiger partial charge in [-0.2, -0.15) is 0 Å². The molecular formula is C8H16N2S2. The fourth-order valence-electron chi connectivity index (χ4n) is 1.54. The molecule has 0 aromatic heterocycles. The minimum absolute atomic E-state index is 1.26. The molecule has 0 unspecified atom stereocenters. The first-order valence-electron chi connectivity index (χ1n) is 4.55. The summed E-state index contributed by atoms with van der Waals surface area (Å²) in [5, 5.41) is 0. The molecule has 70 valence electrons. The maximum absolute atomic E-state index is 2.56. The van der Waals surface area contributed by atoms with Crippen molar-refractivity contribution >= 4 is 23.5 Å². The van der Waals surface area contributed by atoms with E-state index in [1.54, 1.807) is 0 Å². The fraction of sp³-hybridized carbons (Fsp3) is 1.00. The Morgan fingerprint density at radius 2 is 1.33 bits per heavy atom. The molecule has 2 aliphatic heterocycles. The first-order valence-corrected chi connectivity index (χ1v) is 6.86. The molecule has 0 spiro atoms. The van der Waals surface area contributed by atoms with Crippen molar-refractivity contribution in [1.29, 1.82) is 0 Å². The predicted octanol–water partition coefficient (Wildman–Crippen LogP) is 0.999. The van der Waals surface area contributed by atoms with E-state index in [0.717, 1.165) is 0 Å². The molecule has 2 saturated heterocycles. The Hall–Kier alpha value is 0.620. The number of hydrogen-bond donors (Lipinski definition) is 0. The second-order valence-corrected chi connectivity index (χ2v) is 5.46. The van der Waals surface area contributed by atoms with E-state index >= 15 is 0 Å². The average Bonchev–Trinajstić information content (AvgIpc) is 2.74. The van der Waals surface area contributed by atoms with E-state index in [1.165, 1.54) is 49.4 Å². The van der Waals surface area contributed by atoms with Gasteiger partial charge in [0.15, 0.2) is 0 Å². The fourth-order valence-corrected chi connectivity index (χ4v) is 3.60. The largest absolute Gasteiger partial charge is 0.292 e. The van der Waals surface area contributed by atoms with Gasteiger partial charge in [0.05, 0.1) is 0 Å². The zero-order valence-corrected chi connectivity index (χ0v) is 9.00. The van der Waals surface area contributed by atoms with Crippen LogP contribution in [-0.2, 0) is 0 Å². The van der Waals surface area contributed by atoms with Crippen LogP contribution in [0.2, 0.25) is 0 Å². The summed E-state index contributed by atoms with van der Waals surface area (Å²) in [6.45, 7) is 5.19. The van der Waals surface area contributed by atoms with E-state index in [1.807, 2.05) is 0 Å². The van der Waals surface area contributed by atoms with Crippen molar-refractivity contribution in [2.75, 3.05) is 49.4 Å². The Bertz CT molecular complexity index is 115. The monoisotopic (exact) mass is 204 g/mol. The zero-order valence-electron chi connectivity index (χ0n) is 7.37. The quantitative estimate of drug-likeness (QED) is 0.676. The minimum Gasteiger partial charge on any atom is -0.292 e. The SMILES string of the molecule is C1CN(CCN2CCSC2)CS1. The summed E-state index contributed by atoms with van der Waals surface area (Å²) < 4.78 is 0. The van der Waals surface area contributed by atoms with Crippen molar-refractivity contribution < 1.29 is 0 Å². The van der Waals surface area contributed by atoms with Crippen LogP contribution in [0.5, 0.6) is 0 Å². The van der Waals surface area contributed by atoms with Crippen molar-refractivity contribution in [3.63, 3.8) is 0 Å². The van der Waals surface area contributed by atoms with Crippen LogP contribution in [0.15, 0.2) is 0 Å². The summed E-state index contributed by atoms with van der Waals surface area (Å²) in [5.41, 5.74) is 0. The average molecular weight is 204 g/mol. The molecule has 0 aliphatic carbocycles. The molecule has 0 amide bonds. The van der Waals surface area contributed by atoms with E-state index in [2.05, 4.69) is 33.3 Å². The Morgan fingerprint density at radius 1 is 0.833 bits per heavy atom. The lowest BCUT2D eigenvalue weighted by Gasteiger charge is -2.18. The lowest BCUT2D eigenvalue weighted by Crippen LogP contribution is -2.32. The van der Waals surface area contributed by atoms with Crippen LogP contribution in [0.1, 0.15) is 0 Å². The third-order valence-electron chi connectivity index (χ3n) is 2.38. The van der Waals surface area contributed by atoms with Crippen LogP contribution < -0.4 is 0 Å². The van der Waals surface area contributed by atoms with Gasteiger partial charge in [0, 0.05) is 49.4 Å². The normalized spacial score (nSPS) is 27.0. The highest BCUT2D eigenvalue weighted by molar-refractivity contribution is 7.99. The Labute approximate surface area is 83.0 Å². The van der Waals surface area contributed by atoms with Crippen LogP contribution in [0, 0.1) is 0 Å². The smallest absolute Gasteiger partial charge is 0.0445 e. The molecule has 0 saturated carbocycles. The molecule has 0 N–H and O–H groups in total. The molecule has 4 heteroatoms. The molecular weight excluding hydrogens is 188 g/mol. The molecule has 12 heavy (non-hydrogen) atoms. The van der Waals surface area contributed by atoms with E-state index in [9.17, 15) is 0 Å². The Kier molecular flexibility index (Phi) is 3.63. The first kappa shape index (κ1) is 9.19. The summed E-state index contributed by atoms with van der Waals surface area (Å²) >= 11 is 4.13. The summed E-state index contributed by atoms with van der Waals surface area (Å²) in [7, 11) is 0. The summed E-state index contributed by atoms with van der Waals surface area (Å²) in [6.07, 6.45) is 0. The minimum atomic E-state index is 1.26. The van der Waals surface area contributed by atoms with Crippen molar-refractivity contribution in [3.05, 3.63) is 0 Å². The summed E-state index contributed by atoms with van der Waals surface area (Å²) in [4.78, 5) is 5.13. The van der Waals surface area contributed by atoms with E-state index in [4.69, 9.17) is 0 Å². The summed E-state index contributed by atoms with van der Waals surface area (Å²) in [5.74, 6) is 5.21. The molecule has 2 fully saturated rings. The van der Waals surface area contributed by atoms with Gasteiger partial charge < -0.3 is 0 Å². The van der Waals surface area contributed by atoms with Gasteiger partial charge in [-0.3, -0.25) is 9.80 Å². The third-order valence-corrected chi connectivity index (χ3v) is 4.42. The van der Waals surface area contributed by atoms with Gasteiger partial charge >= 0.3 is 0 Å². The zero-order chi connectivity index (χ0) is 8.23. The summed E-state index contributed by atoms with van der Waals surface area (Å²) in [6, 6.07) is 0. The van der Waals surface area contributed by atoms with Gasteiger partial charge in [0.25, 0.3) is 0 Å². The van der Waals surface area contributed by atoms with Crippen LogP contribution in [0.3, 0.4) is 0 Å². The molecule has 2 nitrogen and oxygen atoms in total. The Morgan fingerprint density at radius 3 is 1.67 bits per heavy atom. The van der Waals surface area contributed by atoms with Crippen molar-refractivity contribution in [2.24, 2.45) is 0 Å². The van der Waals surface area contributed by atoms with Crippen LogP contribution in [0.25, 0.3) is 0 Å². The van der Waals surface area contributed by atoms with Gasteiger partial charge in [-0.05, 0) is 0 Å². The van der Waals surface area contributed by atoms with E-state index < -0.39 is 0 Å². The number of rotatable bonds is 3. The van der Waals surface area contributed by atoms with Gasteiger partial charge in [-0.1, -0.05) is 0 Å². The standard InChI is InChI=1S/C8H16N2S2/c1(9-3-5-11-7-9)2-10-4-6-12-8-10/h1-8H2. The highest BCUT2D eigenvalue weighted by atomic mass is 32.2. The Balaban J connectivity index is 1.60.